The van der Waals surface area contributed by atoms with E-state index >= 15 is 0 Å². The Morgan fingerprint density at radius 2 is 1.78 bits per heavy atom. The van der Waals surface area contributed by atoms with Gasteiger partial charge in [-0.15, -0.1) is 0 Å². The number of carbonyl (C=O) groups is 1. The van der Waals surface area contributed by atoms with Crippen molar-refractivity contribution in [3.05, 3.63) is 107 Å². The first-order valence-electron chi connectivity index (χ1n) is 13.3. The highest BCUT2D eigenvalue weighted by Gasteiger charge is 2.29. The molecule has 8 nitrogen and oxygen atoms in total. The van der Waals surface area contributed by atoms with Crippen molar-refractivity contribution >= 4 is 26.8 Å². The van der Waals surface area contributed by atoms with Gasteiger partial charge in [-0.05, 0) is 76.1 Å². The Kier molecular flexibility index (Phi) is 8.53. The number of carbonyl (C=O) groups excluding carboxylic acids is 1. The van der Waals surface area contributed by atoms with E-state index in [-0.39, 0.29) is 30.6 Å². The Morgan fingerprint density at radius 1 is 0.951 bits per heavy atom. The maximum atomic E-state index is 12.9. The Labute approximate surface area is 239 Å². The molecule has 4 aromatic carbocycles. The van der Waals surface area contributed by atoms with Crippen LogP contribution in [-0.4, -0.2) is 28.0 Å². The van der Waals surface area contributed by atoms with Crippen molar-refractivity contribution in [2.75, 3.05) is 13.7 Å². The van der Waals surface area contributed by atoms with Crippen LogP contribution in [0.15, 0.2) is 84.9 Å². The molecule has 0 aliphatic heterocycles. The maximum Gasteiger partial charge on any atom is 0.359 e. The van der Waals surface area contributed by atoms with Crippen molar-refractivity contribution in [3.8, 4) is 17.6 Å². The highest BCUT2D eigenvalue weighted by molar-refractivity contribution is 7.88. The fourth-order valence-electron chi connectivity index (χ4n) is 5.20. The van der Waals surface area contributed by atoms with E-state index in [1.54, 1.807) is 36.4 Å². The summed E-state index contributed by atoms with van der Waals surface area (Å²) >= 11 is 0. The van der Waals surface area contributed by atoms with E-state index in [4.69, 9.17) is 14.5 Å². The van der Waals surface area contributed by atoms with Gasteiger partial charge in [0.1, 0.15) is 5.75 Å². The molecule has 0 saturated carbocycles. The lowest BCUT2D eigenvalue weighted by molar-refractivity contribution is -0.212. The van der Waals surface area contributed by atoms with E-state index in [0.29, 0.717) is 29.9 Å². The first kappa shape index (κ1) is 28.1. The smallest absolute Gasteiger partial charge is 0.359 e. The van der Waals surface area contributed by atoms with Crippen molar-refractivity contribution in [2.45, 2.75) is 30.9 Å². The Hall–Kier alpha value is -4.39. The zero-order valence-corrected chi connectivity index (χ0v) is 23.4. The molecule has 210 valence electrons. The predicted octanol–water partition coefficient (Wildman–Crippen LogP) is 5.22. The minimum absolute atomic E-state index is 0.0529. The summed E-state index contributed by atoms with van der Waals surface area (Å²) in [5, 5.41) is 11.7. The van der Waals surface area contributed by atoms with E-state index in [9.17, 15) is 18.5 Å². The normalized spacial score (nSPS) is 16.4. The molecule has 9 heteroatoms. The largest absolute Gasteiger partial charge is 0.497 e. The maximum absolute atomic E-state index is 12.9. The summed E-state index contributed by atoms with van der Waals surface area (Å²) in [4.78, 5) is 23.0. The van der Waals surface area contributed by atoms with Crippen molar-refractivity contribution in [1.29, 1.82) is 5.26 Å². The van der Waals surface area contributed by atoms with E-state index in [1.807, 2.05) is 48.5 Å². The number of nitrogens with zero attached hydrogens (tertiary/aromatic N) is 1. The van der Waals surface area contributed by atoms with Crippen LogP contribution in [0.2, 0.25) is 0 Å². The summed E-state index contributed by atoms with van der Waals surface area (Å²) in [6.45, 7) is 0.128. The van der Waals surface area contributed by atoms with Crippen molar-refractivity contribution in [2.24, 2.45) is 5.92 Å². The molecule has 0 aromatic heterocycles. The van der Waals surface area contributed by atoms with Crippen LogP contribution in [0.4, 0.5) is 0 Å². The first-order valence-corrected chi connectivity index (χ1v) is 14.9. The molecule has 0 radical (unpaired) electrons. The third kappa shape index (κ3) is 7.23. The molecule has 0 saturated heterocycles. The van der Waals surface area contributed by atoms with Gasteiger partial charge in [-0.1, -0.05) is 60.7 Å². The van der Waals surface area contributed by atoms with Crippen LogP contribution < -0.4 is 14.3 Å². The highest BCUT2D eigenvalue weighted by Crippen LogP contribution is 2.36. The molecule has 0 bridgehead atoms. The molecule has 0 spiro atoms. The van der Waals surface area contributed by atoms with E-state index < -0.39 is 16.0 Å². The molecule has 4 aromatic rings. The van der Waals surface area contributed by atoms with Gasteiger partial charge in [-0.25, -0.2) is 17.9 Å². The number of ether oxygens (including phenoxy) is 1. The summed E-state index contributed by atoms with van der Waals surface area (Å²) in [6, 6.07) is 28.2. The topological polar surface area (TPSA) is 115 Å². The van der Waals surface area contributed by atoms with Crippen molar-refractivity contribution < 1.29 is 27.7 Å². The van der Waals surface area contributed by atoms with Crippen LogP contribution in [0.3, 0.4) is 0 Å². The van der Waals surface area contributed by atoms with Gasteiger partial charge in [-0.2, -0.15) is 5.26 Å². The number of hydrogen-bond acceptors (Lipinski definition) is 7. The Morgan fingerprint density at radius 3 is 2.59 bits per heavy atom. The molecule has 0 amide bonds. The molecular formula is C32H30N2O6S. The average Bonchev–Trinajstić information content (AvgIpc) is 2.98. The van der Waals surface area contributed by atoms with Gasteiger partial charge >= 0.3 is 5.97 Å². The molecule has 0 heterocycles. The predicted molar refractivity (Wildman–Crippen MR) is 155 cm³/mol. The zero-order chi connectivity index (χ0) is 28.8. The first-order chi connectivity index (χ1) is 19.8. The summed E-state index contributed by atoms with van der Waals surface area (Å²) in [7, 11) is -2.12. The van der Waals surface area contributed by atoms with Crippen LogP contribution in [0.25, 0.3) is 10.8 Å². The fraction of sp³-hybridized carbons (Fsp3) is 0.250. The summed E-state index contributed by atoms with van der Waals surface area (Å²) in [5.41, 5.74) is 3.22. The van der Waals surface area contributed by atoms with Crippen LogP contribution >= 0.6 is 0 Å². The lowest BCUT2D eigenvalue weighted by Crippen LogP contribution is -2.32. The Balaban J connectivity index is 1.24. The number of nitriles is 1. The standard InChI is InChI=1S/C32H30N2O6S/c1-38-29-8-4-5-23(16-29)21-41(36,37)34-20-28-15-24(19-33)14-27-11-12-30(18-31(27)28)39-40-32(35)17-22-9-10-25-6-2-3-7-26(25)13-22/h2-13,16,18,24,28,34H,14-15,17,20-21H2,1H3. The van der Waals surface area contributed by atoms with Crippen LogP contribution in [0.5, 0.6) is 11.5 Å². The van der Waals surface area contributed by atoms with Crippen LogP contribution in [-0.2, 0) is 38.3 Å². The number of fused-ring (bicyclic) bond motifs is 2. The van der Waals surface area contributed by atoms with E-state index in [0.717, 1.165) is 27.5 Å². The molecule has 2 unspecified atom stereocenters. The van der Waals surface area contributed by atoms with Gasteiger partial charge in [0.25, 0.3) is 0 Å². The summed E-state index contributed by atoms with van der Waals surface area (Å²) in [5.74, 6) is -0.301. The molecule has 1 N–H and O–H groups in total. The van der Waals surface area contributed by atoms with Crippen LogP contribution in [0, 0.1) is 17.2 Å². The van der Waals surface area contributed by atoms with Crippen LogP contribution in [0.1, 0.15) is 34.6 Å². The lowest BCUT2D eigenvalue weighted by atomic mass is 9.77. The molecule has 1 aliphatic carbocycles. The number of methoxy groups -OCH3 is 1. The molecule has 5 rings (SSSR count). The monoisotopic (exact) mass is 570 g/mol. The van der Waals surface area contributed by atoms with Crippen molar-refractivity contribution in [1.82, 2.24) is 4.72 Å². The minimum atomic E-state index is -3.65. The van der Waals surface area contributed by atoms with Gasteiger partial charge in [-0.3, -0.25) is 9.78 Å². The third-order valence-electron chi connectivity index (χ3n) is 7.21. The lowest BCUT2D eigenvalue weighted by Gasteiger charge is -2.29. The number of benzene rings is 4. The number of hydrogen-bond donors (Lipinski definition) is 1. The second-order valence-electron chi connectivity index (χ2n) is 10.2. The molecular weight excluding hydrogens is 540 g/mol. The molecule has 2 atom stereocenters. The second kappa shape index (κ2) is 12.4. The van der Waals surface area contributed by atoms with E-state index in [2.05, 4.69) is 10.8 Å². The van der Waals surface area contributed by atoms with Gasteiger partial charge < -0.3 is 4.74 Å². The fourth-order valence-corrected chi connectivity index (χ4v) is 6.38. The molecule has 1 aliphatic rings. The zero-order valence-electron chi connectivity index (χ0n) is 22.6. The highest BCUT2D eigenvalue weighted by atomic mass is 32.2. The van der Waals surface area contributed by atoms with Gasteiger partial charge in [0.15, 0.2) is 5.75 Å². The third-order valence-corrected chi connectivity index (χ3v) is 8.53. The Bertz CT molecular complexity index is 1710. The second-order valence-corrected chi connectivity index (χ2v) is 12.0. The van der Waals surface area contributed by atoms with Crippen molar-refractivity contribution in [3.63, 3.8) is 0 Å². The van der Waals surface area contributed by atoms with Gasteiger partial charge in [0.2, 0.25) is 10.0 Å². The quantitative estimate of drug-likeness (QED) is 0.205. The van der Waals surface area contributed by atoms with E-state index in [1.165, 1.54) is 7.11 Å². The number of nitrogens with one attached hydrogen (secondary N) is 1. The summed E-state index contributed by atoms with van der Waals surface area (Å²) in [6.07, 6.45) is 1.11. The minimum Gasteiger partial charge on any atom is -0.497 e. The average molecular weight is 571 g/mol. The summed E-state index contributed by atoms with van der Waals surface area (Å²) < 4.78 is 33.6. The SMILES string of the molecule is COc1cccc(CS(=O)(=O)NCC2CC(C#N)Cc3ccc(OOC(=O)Cc4ccc5ccccc5c4)cc32)c1. The number of rotatable bonds is 10. The van der Waals surface area contributed by atoms with Gasteiger partial charge in [0, 0.05) is 6.54 Å². The molecule has 0 fully saturated rings. The number of sulfonamides is 1. The van der Waals surface area contributed by atoms with Gasteiger partial charge in [0.05, 0.1) is 31.3 Å². The molecule has 41 heavy (non-hydrogen) atoms.